The van der Waals surface area contributed by atoms with Crippen LogP contribution in [0.4, 0.5) is 0 Å². The molecule has 0 aliphatic heterocycles. The van der Waals surface area contributed by atoms with E-state index in [0.717, 1.165) is 11.3 Å². The van der Waals surface area contributed by atoms with Gasteiger partial charge in [-0.15, -0.1) is 0 Å². The van der Waals surface area contributed by atoms with Gasteiger partial charge in [0.1, 0.15) is 5.65 Å². The fourth-order valence-corrected chi connectivity index (χ4v) is 2.28. The van der Waals surface area contributed by atoms with E-state index in [1.165, 1.54) is 5.56 Å². The van der Waals surface area contributed by atoms with Gasteiger partial charge < -0.3 is 9.72 Å². The largest absolute Gasteiger partial charge is 0.305 e. The third-order valence-electron chi connectivity index (χ3n) is 3.24. The zero-order valence-electron chi connectivity index (χ0n) is 11.1. The van der Waals surface area contributed by atoms with Gasteiger partial charge in [0.05, 0.1) is 10.7 Å². The predicted octanol–water partition coefficient (Wildman–Crippen LogP) is 3.23. The van der Waals surface area contributed by atoms with Crippen molar-refractivity contribution >= 4 is 17.2 Å². The Hall–Kier alpha value is -1.91. The molecular weight excluding hydrogens is 272 g/mol. The zero-order chi connectivity index (χ0) is 13.9. The van der Waals surface area contributed by atoms with Crippen molar-refractivity contribution in [3.8, 4) is 0 Å². The number of fused-ring (bicyclic) bond motifs is 1. The maximum Gasteiger partial charge on any atom is 0.137 e. The second-order valence-corrected chi connectivity index (χ2v) is 5.17. The highest BCUT2D eigenvalue weighted by atomic mass is 35.5. The molecule has 0 saturated heterocycles. The number of imidazole rings is 1. The summed E-state index contributed by atoms with van der Waals surface area (Å²) < 4.78 is 1.94. The molecule has 3 heterocycles. The molecule has 3 aromatic heterocycles. The highest BCUT2D eigenvalue weighted by Gasteiger charge is 2.07. The van der Waals surface area contributed by atoms with Gasteiger partial charge in [-0.3, -0.25) is 4.98 Å². The molecule has 0 saturated carbocycles. The minimum Gasteiger partial charge on any atom is -0.305 e. The Morgan fingerprint density at radius 2 is 2.20 bits per heavy atom. The van der Waals surface area contributed by atoms with Gasteiger partial charge >= 0.3 is 0 Å². The molecule has 0 amide bonds. The standard InChI is InChI=1S/C15H15ClN4/c1-11(12-3-2-6-17-7-12)18-8-14-10-20-9-13(16)4-5-15(20)19-14/h2-7,9-11,18H,8H2,1H3/t11-/m0/s1. The highest BCUT2D eigenvalue weighted by molar-refractivity contribution is 6.30. The molecule has 0 unspecified atom stereocenters. The van der Waals surface area contributed by atoms with E-state index in [-0.39, 0.29) is 6.04 Å². The number of halogens is 1. The van der Waals surface area contributed by atoms with Gasteiger partial charge in [0, 0.05) is 37.4 Å². The van der Waals surface area contributed by atoms with E-state index in [4.69, 9.17) is 11.6 Å². The number of pyridine rings is 2. The van der Waals surface area contributed by atoms with Gasteiger partial charge in [0.25, 0.3) is 0 Å². The smallest absolute Gasteiger partial charge is 0.137 e. The Labute approximate surface area is 122 Å². The summed E-state index contributed by atoms with van der Waals surface area (Å²) in [5, 5.41) is 4.15. The van der Waals surface area contributed by atoms with Crippen LogP contribution in [0.25, 0.3) is 5.65 Å². The third kappa shape index (κ3) is 2.81. The van der Waals surface area contributed by atoms with Gasteiger partial charge in [0.2, 0.25) is 0 Å². The lowest BCUT2D eigenvalue weighted by Crippen LogP contribution is -2.18. The van der Waals surface area contributed by atoms with Crippen molar-refractivity contribution in [3.05, 3.63) is 65.3 Å². The summed E-state index contributed by atoms with van der Waals surface area (Å²) in [6.45, 7) is 2.82. The van der Waals surface area contributed by atoms with E-state index in [0.29, 0.717) is 11.6 Å². The SMILES string of the molecule is C[C@H](NCc1cn2cc(Cl)ccc2n1)c1cccnc1. The summed E-state index contributed by atoms with van der Waals surface area (Å²) in [6.07, 6.45) is 7.51. The van der Waals surface area contributed by atoms with Crippen molar-refractivity contribution in [1.29, 1.82) is 0 Å². The Morgan fingerprint density at radius 3 is 3.00 bits per heavy atom. The first-order chi connectivity index (χ1) is 9.72. The van der Waals surface area contributed by atoms with Crippen LogP contribution < -0.4 is 5.32 Å². The molecule has 0 bridgehead atoms. The molecule has 0 fully saturated rings. The van der Waals surface area contributed by atoms with Crippen LogP contribution in [0.1, 0.15) is 24.2 Å². The van der Waals surface area contributed by atoms with E-state index in [9.17, 15) is 0 Å². The van der Waals surface area contributed by atoms with Gasteiger partial charge in [-0.05, 0) is 30.7 Å². The number of nitrogens with one attached hydrogen (secondary N) is 1. The molecule has 0 radical (unpaired) electrons. The Kier molecular flexibility index (Phi) is 3.67. The summed E-state index contributed by atoms with van der Waals surface area (Å²) in [5.74, 6) is 0. The van der Waals surface area contributed by atoms with Crippen LogP contribution in [-0.2, 0) is 6.54 Å². The minimum atomic E-state index is 0.233. The molecule has 0 spiro atoms. The molecule has 0 aliphatic carbocycles. The molecule has 3 aromatic rings. The molecule has 3 rings (SSSR count). The van der Waals surface area contributed by atoms with Crippen molar-refractivity contribution in [3.63, 3.8) is 0 Å². The second kappa shape index (κ2) is 5.61. The summed E-state index contributed by atoms with van der Waals surface area (Å²) in [7, 11) is 0. The normalized spacial score (nSPS) is 12.7. The Balaban J connectivity index is 1.71. The topological polar surface area (TPSA) is 42.2 Å². The van der Waals surface area contributed by atoms with Gasteiger partial charge in [-0.1, -0.05) is 17.7 Å². The van der Waals surface area contributed by atoms with Gasteiger partial charge in [0.15, 0.2) is 0 Å². The number of rotatable bonds is 4. The summed E-state index contributed by atoms with van der Waals surface area (Å²) in [5.41, 5.74) is 3.06. The molecule has 102 valence electrons. The monoisotopic (exact) mass is 286 g/mol. The number of hydrogen-bond donors (Lipinski definition) is 1. The lowest BCUT2D eigenvalue weighted by atomic mass is 10.1. The fourth-order valence-electron chi connectivity index (χ4n) is 2.11. The molecule has 5 heteroatoms. The zero-order valence-corrected chi connectivity index (χ0v) is 11.9. The molecule has 0 aliphatic rings. The summed E-state index contributed by atoms with van der Waals surface area (Å²) in [4.78, 5) is 8.68. The van der Waals surface area contributed by atoms with E-state index in [1.807, 2.05) is 41.2 Å². The first-order valence-corrected chi connectivity index (χ1v) is 6.86. The summed E-state index contributed by atoms with van der Waals surface area (Å²) >= 11 is 5.96. The molecule has 20 heavy (non-hydrogen) atoms. The molecule has 4 nitrogen and oxygen atoms in total. The van der Waals surface area contributed by atoms with Gasteiger partial charge in [-0.25, -0.2) is 4.98 Å². The lowest BCUT2D eigenvalue weighted by Gasteiger charge is -2.12. The van der Waals surface area contributed by atoms with Gasteiger partial charge in [-0.2, -0.15) is 0 Å². The average molecular weight is 287 g/mol. The fraction of sp³-hybridized carbons (Fsp3) is 0.200. The minimum absolute atomic E-state index is 0.233. The Morgan fingerprint density at radius 1 is 1.30 bits per heavy atom. The van der Waals surface area contributed by atoms with Crippen LogP contribution >= 0.6 is 11.6 Å². The van der Waals surface area contributed by atoms with E-state index < -0.39 is 0 Å². The summed E-state index contributed by atoms with van der Waals surface area (Å²) in [6, 6.07) is 8.00. The number of nitrogens with zero attached hydrogens (tertiary/aromatic N) is 3. The Bertz CT molecular complexity index is 708. The predicted molar refractivity (Wildman–Crippen MR) is 79.7 cm³/mol. The van der Waals surface area contributed by atoms with E-state index in [2.05, 4.69) is 28.3 Å². The van der Waals surface area contributed by atoms with E-state index >= 15 is 0 Å². The molecule has 1 N–H and O–H groups in total. The highest BCUT2D eigenvalue weighted by Crippen LogP contribution is 2.13. The third-order valence-corrected chi connectivity index (χ3v) is 3.46. The lowest BCUT2D eigenvalue weighted by molar-refractivity contribution is 0.567. The number of aromatic nitrogens is 3. The van der Waals surface area contributed by atoms with Crippen molar-refractivity contribution in [1.82, 2.24) is 19.7 Å². The number of hydrogen-bond acceptors (Lipinski definition) is 3. The second-order valence-electron chi connectivity index (χ2n) is 4.73. The average Bonchev–Trinajstić information content (AvgIpc) is 2.87. The molecule has 1 atom stereocenters. The first kappa shape index (κ1) is 13.1. The van der Waals surface area contributed by atoms with Crippen molar-refractivity contribution in [2.24, 2.45) is 0 Å². The maximum absolute atomic E-state index is 5.96. The van der Waals surface area contributed by atoms with E-state index in [1.54, 1.807) is 6.20 Å². The quantitative estimate of drug-likeness (QED) is 0.801. The van der Waals surface area contributed by atoms with Crippen LogP contribution in [0.15, 0.2) is 49.1 Å². The maximum atomic E-state index is 5.96. The van der Waals surface area contributed by atoms with Crippen LogP contribution in [0, 0.1) is 0 Å². The van der Waals surface area contributed by atoms with Crippen molar-refractivity contribution in [2.45, 2.75) is 19.5 Å². The van der Waals surface area contributed by atoms with Crippen LogP contribution in [-0.4, -0.2) is 14.4 Å². The van der Waals surface area contributed by atoms with Crippen LogP contribution in [0.3, 0.4) is 0 Å². The molecular formula is C15H15ClN4. The van der Waals surface area contributed by atoms with Crippen LogP contribution in [0.2, 0.25) is 5.02 Å². The van der Waals surface area contributed by atoms with Crippen molar-refractivity contribution < 1.29 is 0 Å². The first-order valence-electron chi connectivity index (χ1n) is 6.49. The van der Waals surface area contributed by atoms with Crippen molar-refractivity contribution in [2.75, 3.05) is 0 Å². The van der Waals surface area contributed by atoms with Crippen LogP contribution in [0.5, 0.6) is 0 Å². The molecule has 0 aromatic carbocycles.